The topological polar surface area (TPSA) is 78.9 Å². The van der Waals surface area contributed by atoms with Crippen molar-refractivity contribution in [2.24, 2.45) is 0 Å². The highest BCUT2D eigenvalue weighted by Gasteiger charge is 2.19. The normalized spacial score (nSPS) is 12.8. The average molecular weight is 903 g/mol. The summed E-state index contributed by atoms with van der Waals surface area (Å²) in [6.45, 7) is 6.42. The van der Waals surface area contributed by atoms with E-state index >= 15 is 0 Å². The van der Waals surface area contributed by atoms with Crippen LogP contribution in [0.4, 0.5) is 0 Å². The fourth-order valence-electron chi connectivity index (χ4n) is 7.06. The van der Waals surface area contributed by atoms with E-state index in [1.807, 2.05) is 0 Å². The molecule has 0 amide bonds. The molecule has 0 spiro atoms. The molecule has 0 rings (SSSR count). The van der Waals surface area contributed by atoms with Gasteiger partial charge in [0.25, 0.3) is 0 Å². The Labute approximate surface area is 400 Å². The van der Waals surface area contributed by atoms with E-state index in [9.17, 15) is 14.4 Å². The first kappa shape index (κ1) is 61.3. The Kier molecular flexibility index (Phi) is 50.0. The van der Waals surface area contributed by atoms with E-state index in [-0.39, 0.29) is 31.1 Å². The van der Waals surface area contributed by atoms with Crippen LogP contribution in [0.5, 0.6) is 0 Å². The number of carbonyl (C=O) groups excluding carboxylic acids is 3. The third kappa shape index (κ3) is 51.2. The number of ether oxygens (including phenoxy) is 3. The van der Waals surface area contributed by atoms with Crippen molar-refractivity contribution in [2.75, 3.05) is 13.2 Å². The molecule has 370 valence electrons. The van der Waals surface area contributed by atoms with Crippen LogP contribution in [-0.2, 0) is 28.6 Å². The molecule has 0 aliphatic rings. The Balaban J connectivity index is 4.32. The smallest absolute Gasteiger partial charge is 0.306 e. The molecule has 0 aromatic heterocycles. The van der Waals surface area contributed by atoms with Crippen LogP contribution in [-0.4, -0.2) is 37.2 Å². The summed E-state index contributed by atoms with van der Waals surface area (Å²) < 4.78 is 16.7. The van der Waals surface area contributed by atoms with Crippen molar-refractivity contribution in [2.45, 2.75) is 245 Å². The Morgan fingerprint density at radius 2 is 0.600 bits per heavy atom. The van der Waals surface area contributed by atoms with Crippen LogP contribution in [0.25, 0.3) is 0 Å². The molecule has 0 aromatic carbocycles. The second kappa shape index (κ2) is 52.9. The molecule has 0 radical (unpaired) electrons. The fraction of sp³-hybridized carbons (Fsp3) is 0.678. The summed E-state index contributed by atoms with van der Waals surface area (Å²) in [5, 5.41) is 0. The van der Waals surface area contributed by atoms with Gasteiger partial charge < -0.3 is 14.2 Å². The standard InChI is InChI=1S/C59H98O6/c1-4-7-10-13-16-18-20-22-24-26-28-29-31-32-34-36-38-40-43-46-49-52-58(61)64-55-56(54-63-57(60)51-48-45-42-15-12-9-6-3)65-59(62)53-50-47-44-41-39-37-35-33-30-27-25-23-21-19-17-14-11-8-5-2/h7,10,16-19,22-25,28-30,32-34,56H,4-6,8-9,11-15,20-21,26-27,31,35-55H2,1-3H3/b10-7-,18-16-,19-17-,24-22-,25-23-,29-28-,33-30-,34-32-. The van der Waals surface area contributed by atoms with Crippen LogP contribution >= 0.6 is 0 Å². The zero-order valence-electron chi connectivity index (χ0n) is 42.2. The molecule has 0 N–H and O–H groups in total. The quantitative estimate of drug-likeness (QED) is 0.0262. The van der Waals surface area contributed by atoms with Crippen LogP contribution in [0, 0.1) is 0 Å². The van der Waals surface area contributed by atoms with Crippen LogP contribution in [0.2, 0.25) is 0 Å². The zero-order valence-corrected chi connectivity index (χ0v) is 42.2. The van der Waals surface area contributed by atoms with Gasteiger partial charge in [0.15, 0.2) is 6.10 Å². The lowest BCUT2D eigenvalue weighted by atomic mass is 10.1. The van der Waals surface area contributed by atoms with E-state index in [4.69, 9.17) is 14.2 Å². The summed E-state index contributed by atoms with van der Waals surface area (Å²) in [5.41, 5.74) is 0. The van der Waals surface area contributed by atoms with E-state index in [0.29, 0.717) is 19.3 Å². The average Bonchev–Trinajstić information content (AvgIpc) is 3.30. The highest BCUT2D eigenvalue weighted by molar-refractivity contribution is 5.71. The maximum atomic E-state index is 12.8. The Hall–Kier alpha value is -3.67. The largest absolute Gasteiger partial charge is 0.462 e. The molecule has 0 aliphatic heterocycles. The van der Waals surface area contributed by atoms with Gasteiger partial charge in [-0.15, -0.1) is 0 Å². The van der Waals surface area contributed by atoms with Crippen LogP contribution in [0.3, 0.4) is 0 Å². The van der Waals surface area contributed by atoms with Gasteiger partial charge in [-0.25, -0.2) is 0 Å². The molecule has 0 aliphatic carbocycles. The molecule has 65 heavy (non-hydrogen) atoms. The van der Waals surface area contributed by atoms with Gasteiger partial charge in [-0.2, -0.15) is 0 Å². The predicted molar refractivity (Wildman–Crippen MR) is 279 cm³/mol. The highest BCUT2D eigenvalue weighted by Crippen LogP contribution is 2.13. The summed E-state index contributed by atoms with van der Waals surface area (Å²) in [4.78, 5) is 37.9. The van der Waals surface area contributed by atoms with Crippen molar-refractivity contribution in [3.8, 4) is 0 Å². The number of carbonyl (C=O) groups is 3. The summed E-state index contributed by atoms with van der Waals surface area (Å²) in [6.07, 6.45) is 69.7. The zero-order chi connectivity index (χ0) is 47.2. The van der Waals surface area contributed by atoms with E-state index < -0.39 is 6.10 Å². The van der Waals surface area contributed by atoms with Gasteiger partial charge in [-0.3, -0.25) is 14.4 Å². The minimum atomic E-state index is -0.791. The van der Waals surface area contributed by atoms with Crippen LogP contribution in [0.15, 0.2) is 97.2 Å². The van der Waals surface area contributed by atoms with Crippen molar-refractivity contribution >= 4 is 17.9 Å². The summed E-state index contributed by atoms with van der Waals surface area (Å²) in [6, 6.07) is 0. The molecule has 0 heterocycles. The molecule has 0 saturated carbocycles. The summed E-state index contributed by atoms with van der Waals surface area (Å²) in [5.74, 6) is -0.931. The highest BCUT2D eigenvalue weighted by atomic mass is 16.6. The van der Waals surface area contributed by atoms with Gasteiger partial charge in [0.1, 0.15) is 13.2 Å². The van der Waals surface area contributed by atoms with E-state index in [1.165, 1.54) is 64.2 Å². The van der Waals surface area contributed by atoms with Gasteiger partial charge in [0.05, 0.1) is 0 Å². The first-order valence-corrected chi connectivity index (χ1v) is 26.7. The van der Waals surface area contributed by atoms with Gasteiger partial charge >= 0.3 is 17.9 Å². The minimum absolute atomic E-state index is 0.0898. The Bertz CT molecular complexity index is 1310. The van der Waals surface area contributed by atoms with Gasteiger partial charge in [0, 0.05) is 19.3 Å². The lowest BCUT2D eigenvalue weighted by Gasteiger charge is -2.18. The maximum absolute atomic E-state index is 12.8. The lowest BCUT2D eigenvalue weighted by Crippen LogP contribution is -2.30. The van der Waals surface area contributed by atoms with Crippen molar-refractivity contribution < 1.29 is 28.6 Å². The molecule has 1 unspecified atom stereocenters. The number of allylic oxidation sites excluding steroid dienone is 16. The number of hydrogen-bond acceptors (Lipinski definition) is 6. The van der Waals surface area contributed by atoms with Gasteiger partial charge in [-0.1, -0.05) is 214 Å². The van der Waals surface area contributed by atoms with Crippen LogP contribution in [0.1, 0.15) is 239 Å². The summed E-state index contributed by atoms with van der Waals surface area (Å²) >= 11 is 0. The number of esters is 3. The van der Waals surface area contributed by atoms with Crippen molar-refractivity contribution in [3.63, 3.8) is 0 Å². The minimum Gasteiger partial charge on any atom is -0.462 e. The number of hydrogen-bond donors (Lipinski definition) is 0. The van der Waals surface area contributed by atoms with E-state index in [0.717, 1.165) is 135 Å². The van der Waals surface area contributed by atoms with Gasteiger partial charge in [-0.05, 0) is 103 Å². The molecule has 0 bridgehead atoms. The number of rotatable bonds is 47. The second-order valence-electron chi connectivity index (χ2n) is 17.4. The summed E-state index contributed by atoms with van der Waals surface area (Å²) in [7, 11) is 0. The van der Waals surface area contributed by atoms with Crippen molar-refractivity contribution in [1.82, 2.24) is 0 Å². The Morgan fingerprint density at radius 3 is 0.969 bits per heavy atom. The molecule has 6 nitrogen and oxygen atoms in total. The number of unbranched alkanes of at least 4 members (excludes halogenated alkanes) is 20. The second-order valence-corrected chi connectivity index (χ2v) is 17.4. The molecule has 6 heteroatoms. The van der Waals surface area contributed by atoms with E-state index in [2.05, 4.69) is 118 Å². The molecule has 0 saturated heterocycles. The van der Waals surface area contributed by atoms with E-state index in [1.54, 1.807) is 0 Å². The molecular weight excluding hydrogens is 805 g/mol. The van der Waals surface area contributed by atoms with Gasteiger partial charge in [0.2, 0.25) is 0 Å². The Morgan fingerprint density at radius 1 is 0.323 bits per heavy atom. The fourth-order valence-corrected chi connectivity index (χ4v) is 7.06. The lowest BCUT2D eigenvalue weighted by molar-refractivity contribution is -0.167. The maximum Gasteiger partial charge on any atom is 0.306 e. The molecule has 0 fully saturated rings. The third-order valence-corrected chi connectivity index (χ3v) is 11.1. The first-order chi connectivity index (χ1) is 32.0. The molecular formula is C59H98O6. The first-order valence-electron chi connectivity index (χ1n) is 26.7. The molecule has 1 atom stereocenters. The SMILES string of the molecule is CC/C=C\C/C=C\C/C=C\C/C=C\C/C=C\CCCCCCCC(=O)OCC(COC(=O)CCCCCCCCC)OC(=O)CCCCCCCC/C=C\C/C=C\C/C=C\CCCCC. The van der Waals surface area contributed by atoms with Crippen molar-refractivity contribution in [1.29, 1.82) is 0 Å². The van der Waals surface area contributed by atoms with Crippen molar-refractivity contribution in [3.05, 3.63) is 97.2 Å². The third-order valence-electron chi connectivity index (χ3n) is 11.1. The monoisotopic (exact) mass is 903 g/mol. The molecule has 0 aromatic rings. The van der Waals surface area contributed by atoms with Crippen LogP contribution < -0.4 is 0 Å². The predicted octanol–water partition coefficient (Wildman–Crippen LogP) is 17.8.